The zero-order chi connectivity index (χ0) is 13.1. The largest absolute Gasteiger partial charge is 0.381 e. The summed E-state index contributed by atoms with van der Waals surface area (Å²) >= 11 is 0. The minimum absolute atomic E-state index is 0.0380. The van der Waals surface area contributed by atoms with Gasteiger partial charge in [-0.1, -0.05) is 0 Å². The van der Waals surface area contributed by atoms with E-state index in [2.05, 4.69) is 21.3 Å². The molecule has 0 amide bonds. The second-order valence-electron chi connectivity index (χ2n) is 5.65. The highest BCUT2D eigenvalue weighted by Gasteiger charge is 2.39. The first-order valence-corrected chi connectivity index (χ1v) is 7.21. The molecule has 1 atom stereocenters. The van der Waals surface area contributed by atoms with E-state index in [1.54, 1.807) is 0 Å². The fraction of sp³-hybridized carbons (Fsp3) is 0.786. The van der Waals surface area contributed by atoms with Crippen LogP contribution < -0.4 is 5.32 Å². The number of hydrogen-bond acceptors (Lipinski definition) is 4. The first-order chi connectivity index (χ1) is 9.31. The molecule has 1 unspecified atom stereocenters. The van der Waals surface area contributed by atoms with Crippen molar-refractivity contribution in [1.29, 1.82) is 0 Å². The lowest BCUT2D eigenvalue weighted by Crippen LogP contribution is -2.44. The molecule has 2 aliphatic heterocycles. The lowest BCUT2D eigenvalue weighted by Gasteiger charge is -2.43. The number of rotatable bonds is 3. The zero-order valence-corrected chi connectivity index (χ0v) is 11.6. The standard InChI is InChI=1S/C14H23N3O2/c1-15-9-12-10-16-17(11-12)13-2-5-19-14(8-13)3-6-18-7-4-14/h10-11,13,15H,2-9H2,1H3. The van der Waals surface area contributed by atoms with E-state index in [1.807, 2.05) is 13.2 Å². The molecule has 2 fully saturated rings. The van der Waals surface area contributed by atoms with Gasteiger partial charge >= 0.3 is 0 Å². The molecule has 2 aliphatic rings. The van der Waals surface area contributed by atoms with Gasteiger partial charge in [0.1, 0.15) is 0 Å². The minimum Gasteiger partial charge on any atom is -0.381 e. The van der Waals surface area contributed by atoms with E-state index in [-0.39, 0.29) is 5.60 Å². The Labute approximate surface area is 114 Å². The van der Waals surface area contributed by atoms with Crippen molar-refractivity contribution in [2.45, 2.75) is 43.9 Å². The molecule has 1 aromatic heterocycles. The van der Waals surface area contributed by atoms with Crippen LogP contribution in [0, 0.1) is 0 Å². The van der Waals surface area contributed by atoms with Crippen molar-refractivity contribution >= 4 is 0 Å². The molecule has 1 aromatic rings. The fourth-order valence-corrected chi connectivity index (χ4v) is 3.19. The van der Waals surface area contributed by atoms with Gasteiger partial charge in [-0.3, -0.25) is 4.68 Å². The van der Waals surface area contributed by atoms with E-state index in [1.165, 1.54) is 5.56 Å². The molecule has 0 bridgehead atoms. The molecule has 0 aliphatic carbocycles. The molecule has 106 valence electrons. The highest BCUT2D eigenvalue weighted by molar-refractivity contribution is 5.04. The molecule has 0 saturated carbocycles. The van der Waals surface area contributed by atoms with Crippen LogP contribution in [-0.2, 0) is 16.0 Å². The molecule has 2 saturated heterocycles. The van der Waals surface area contributed by atoms with E-state index >= 15 is 0 Å². The van der Waals surface area contributed by atoms with Crippen LogP contribution in [0.5, 0.6) is 0 Å². The topological polar surface area (TPSA) is 48.3 Å². The zero-order valence-electron chi connectivity index (χ0n) is 11.6. The van der Waals surface area contributed by atoms with Crippen molar-refractivity contribution in [3.05, 3.63) is 18.0 Å². The Kier molecular flexibility index (Phi) is 3.86. The Hall–Kier alpha value is -0.910. The third-order valence-electron chi connectivity index (χ3n) is 4.28. The maximum atomic E-state index is 6.08. The van der Waals surface area contributed by atoms with Crippen molar-refractivity contribution in [2.24, 2.45) is 0 Å². The molecule has 5 heteroatoms. The van der Waals surface area contributed by atoms with E-state index in [0.717, 1.165) is 52.0 Å². The molecule has 5 nitrogen and oxygen atoms in total. The Morgan fingerprint density at radius 1 is 1.42 bits per heavy atom. The third kappa shape index (κ3) is 2.83. The molecule has 1 N–H and O–H groups in total. The summed E-state index contributed by atoms with van der Waals surface area (Å²) in [4.78, 5) is 0. The van der Waals surface area contributed by atoms with Crippen LogP contribution in [0.2, 0.25) is 0 Å². The molecule has 1 spiro atoms. The van der Waals surface area contributed by atoms with Gasteiger partial charge in [-0.2, -0.15) is 5.10 Å². The van der Waals surface area contributed by atoms with Crippen LogP contribution in [0.15, 0.2) is 12.4 Å². The summed E-state index contributed by atoms with van der Waals surface area (Å²) in [6.07, 6.45) is 8.30. The summed E-state index contributed by atoms with van der Waals surface area (Å²) in [5.74, 6) is 0. The van der Waals surface area contributed by atoms with E-state index in [9.17, 15) is 0 Å². The average molecular weight is 265 g/mol. The van der Waals surface area contributed by atoms with Crippen LogP contribution in [0.1, 0.15) is 37.3 Å². The quantitative estimate of drug-likeness (QED) is 0.900. The predicted molar refractivity (Wildman–Crippen MR) is 72.0 cm³/mol. The van der Waals surface area contributed by atoms with Crippen LogP contribution in [-0.4, -0.2) is 42.2 Å². The summed E-state index contributed by atoms with van der Waals surface area (Å²) < 4.78 is 13.7. The van der Waals surface area contributed by atoms with Crippen LogP contribution >= 0.6 is 0 Å². The van der Waals surface area contributed by atoms with Gasteiger partial charge in [0.15, 0.2) is 0 Å². The van der Waals surface area contributed by atoms with E-state index in [0.29, 0.717) is 6.04 Å². The smallest absolute Gasteiger partial charge is 0.0746 e. The third-order valence-corrected chi connectivity index (χ3v) is 4.28. The highest BCUT2D eigenvalue weighted by atomic mass is 16.5. The molecule has 3 rings (SSSR count). The second kappa shape index (κ2) is 5.61. The Morgan fingerprint density at radius 3 is 3.05 bits per heavy atom. The summed E-state index contributed by atoms with van der Waals surface area (Å²) in [6, 6.07) is 0.470. The Morgan fingerprint density at radius 2 is 2.26 bits per heavy atom. The maximum absolute atomic E-state index is 6.08. The molecule has 0 aromatic carbocycles. The summed E-state index contributed by atoms with van der Waals surface area (Å²) in [6.45, 7) is 3.38. The number of aromatic nitrogens is 2. The molecule has 0 radical (unpaired) electrons. The highest BCUT2D eigenvalue weighted by Crippen LogP contribution is 2.38. The fourth-order valence-electron chi connectivity index (χ4n) is 3.19. The van der Waals surface area contributed by atoms with Gasteiger partial charge in [-0.15, -0.1) is 0 Å². The summed E-state index contributed by atoms with van der Waals surface area (Å²) in [7, 11) is 1.96. The summed E-state index contributed by atoms with van der Waals surface area (Å²) in [5.41, 5.74) is 1.28. The molecule has 19 heavy (non-hydrogen) atoms. The second-order valence-corrected chi connectivity index (χ2v) is 5.65. The summed E-state index contributed by atoms with van der Waals surface area (Å²) in [5, 5.41) is 7.69. The van der Waals surface area contributed by atoms with Crippen molar-refractivity contribution < 1.29 is 9.47 Å². The van der Waals surface area contributed by atoms with Gasteiger partial charge in [0.2, 0.25) is 0 Å². The van der Waals surface area contributed by atoms with Crippen LogP contribution in [0.25, 0.3) is 0 Å². The maximum Gasteiger partial charge on any atom is 0.0746 e. The molecular formula is C14H23N3O2. The van der Waals surface area contributed by atoms with Gasteiger partial charge in [0, 0.05) is 38.1 Å². The normalized spacial score (nSPS) is 26.7. The molecular weight excluding hydrogens is 242 g/mol. The van der Waals surface area contributed by atoms with Gasteiger partial charge in [0.05, 0.1) is 17.8 Å². The van der Waals surface area contributed by atoms with Gasteiger partial charge < -0.3 is 14.8 Å². The Balaban J connectivity index is 1.69. The van der Waals surface area contributed by atoms with E-state index in [4.69, 9.17) is 9.47 Å². The van der Waals surface area contributed by atoms with Gasteiger partial charge in [-0.25, -0.2) is 0 Å². The number of ether oxygens (including phenoxy) is 2. The Bertz CT molecular complexity index is 407. The van der Waals surface area contributed by atoms with Crippen molar-refractivity contribution in [3.63, 3.8) is 0 Å². The van der Waals surface area contributed by atoms with Gasteiger partial charge in [0.25, 0.3) is 0 Å². The SMILES string of the molecule is CNCc1cnn(C2CCOC3(CCOCC3)C2)c1. The molecule has 3 heterocycles. The average Bonchev–Trinajstić information content (AvgIpc) is 2.89. The number of nitrogens with zero attached hydrogens (tertiary/aromatic N) is 2. The lowest BCUT2D eigenvalue weighted by atomic mass is 9.84. The van der Waals surface area contributed by atoms with Crippen molar-refractivity contribution in [1.82, 2.24) is 15.1 Å². The van der Waals surface area contributed by atoms with Gasteiger partial charge in [-0.05, 0) is 32.7 Å². The monoisotopic (exact) mass is 265 g/mol. The van der Waals surface area contributed by atoms with E-state index < -0.39 is 0 Å². The number of hydrogen-bond donors (Lipinski definition) is 1. The first-order valence-electron chi connectivity index (χ1n) is 7.21. The first kappa shape index (κ1) is 13.1. The van der Waals surface area contributed by atoms with Crippen molar-refractivity contribution in [3.8, 4) is 0 Å². The van der Waals surface area contributed by atoms with Crippen LogP contribution in [0.3, 0.4) is 0 Å². The van der Waals surface area contributed by atoms with Crippen LogP contribution in [0.4, 0.5) is 0 Å². The van der Waals surface area contributed by atoms with Crippen molar-refractivity contribution in [2.75, 3.05) is 26.9 Å². The lowest BCUT2D eigenvalue weighted by molar-refractivity contribution is -0.145. The number of nitrogens with one attached hydrogen (secondary N) is 1. The minimum atomic E-state index is 0.0380. The predicted octanol–water partition coefficient (Wildman–Crippen LogP) is 1.50.